The summed E-state index contributed by atoms with van der Waals surface area (Å²) in [5.74, 6) is -1.02. The molecule has 0 aromatic carbocycles. The molecular formula is C16H25N3O4. The van der Waals surface area contributed by atoms with Gasteiger partial charge < -0.3 is 20.1 Å². The van der Waals surface area contributed by atoms with Crippen molar-refractivity contribution in [2.75, 3.05) is 20.2 Å². The van der Waals surface area contributed by atoms with Gasteiger partial charge in [0.1, 0.15) is 0 Å². The third-order valence-electron chi connectivity index (χ3n) is 3.33. The Morgan fingerprint density at radius 2 is 2.22 bits per heavy atom. The lowest BCUT2D eigenvalue weighted by Crippen LogP contribution is -2.40. The Balaban J connectivity index is 2.53. The fourth-order valence-electron chi connectivity index (χ4n) is 1.88. The van der Waals surface area contributed by atoms with E-state index in [9.17, 15) is 9.59 Å². The molecule has 1 rings (SSSR count). The molecule has 128 valence electrons. The predicted molar refractivity (Wildman–Crippen MR) is 86.3 cm³/mol. The van der Waals surface area contributed by atoms with Crippen molar-refractivity contribution in [3.8, 4) is 5.88 Å². The minimum absolute atomic E-state index is 0.147. The van der Waals surface area contributed by atoms with Crippen LogP contribution in [0.15, 0.2) is 18.3 Å². The molecule has 7 nitrogen and oxygen atoms in total. The fourth-order valence-corrected chi connectivity index (χ4v) is 1.88. The number of hydrogen-bond donors (Lipinski definition) is 2. The minimum Gasteiger partial charge on any atom is -0.481 e. The summed E-state index contributed by atoms with van der Waals surface area (Å²) in [6, 6.07) is 3.29. The normalized spacial score (nSPS) is 11.6. The van der Waals surface area contributed by atoms with E-state index in [0.29, 0.717) is 12.5 Å². The smallest absolute Gasteiger partial charge is 0.317 e. The van der Waals surface area contributed by atoms with Gasteiger partial charge in [-0.2, -0.15) is 0 Å². The van der Waals surface area contributed by atoms with Gasteiger partial charge in [0.25, 0.3) is 0 Å². The number of ether oxygens (including phenoxy) is 1. The first-order valence-corrected chi connectivity index (χ1v) is 7.74. The maximum Gasteiger partial charge on any atom is 0.317 e. The first-order valence-electron chi connectivity index (χ1n) is 7.74. The molecule has 0 saturated heterocycles. The van der Waals surface area contributed by atoms with Crippen LogP contribution < -0.4 is 10.1 Å². The van der Waals surface area contributed by atoms with Crippen molar-refractivity contribution < 1.29 is 19.4 Å². The quantitative estimate of drug-likeness (QED) is 0.679. The highest BCUT2D eigenvalue weighted by Crippen LogP contribution is 2.14. The summed E-state index contributed by atoms with van der Waals surface area (Å²) in [7, 11) is 1.57. The topological polar surface area (TPSA) is 91.8 Å². The number of carboxylic acids is 1. The van der Waals surface area contributed by atoms with Gasteiger partial charge in [-0.15, -0.1) is 0 Å². The van der Waals surface area contributed by atoms with Crippen LogP contribution in [-0.2, 0) is 11.3 Å². The van der Waals surface area contributed by atoms with Crippen LogP contribution in [0.1, 0.15) is 32.3 Å². The molecule has 0 spiro atoms. The number of aliphatic carboxylic acids is 1. The van der Waals surface area contributed by atoms with Crippen LogP contribution in [-0.4, -0.2) is 47.2 Å². The van der Waals surface area contributed by atoms with Crippen LogP contribution >= 0.6 is 0 Å². The molecule has 0 fully saturated rings. The van der Waals surface area contributed by atoms with Crippen LogP contribution in [0.3, 0.4) is 0 Å². The summed E-state index contributed by atoms with van der Waals surface area (Å²) in [4.78, 5) is 28.4. The second kappa shape index (κ2) is 9.66. The van der Waals surface area contributed by atoms with Crippen LogP contribution in [0.5, 0.6) is 5.88 Å². The van der Waals surface area contributed by atoms with E-state index >= 15 is 0 Å². The molecule has 7 heteroatoms. The summed E-state index contributed by atoms with van der Waals surface area (Å²) in [5.41, 5.74) is 0.789. The molecule has 23 heavy (non-hydrogen) atoms. The highest BCUT2D eigenvalue weighted by molar-refractivity contribution is 5.75. The summed E-state index contributed by atoms with van der Waals surface area (Å²) in [6.07, 6.45) is 3.62. The molecule has 0 bridgehead atoms. The van der Waals surface area contributed by atoms with Crippen LogP contribution in [0, 0.1) is 5.92 Å². The zero-order valence-corrected chi connectivity index (χ0v) is 13.9. The maximum absolute atomic E-state index is 12.0. The number of amides is 2. The van der Waals surface area contributed by atoms with Gasteiger partial charge in [-0.25, -0.2) is 9.78 Å². The maximum atomic E-state index is 12.0. The largest absolute Gasteiger partial charge is 0.481 e. The van der Waals surface area contributed by atoms with Gasteiger partial charge in [0.05, 0.1) is 12.5 Å². The number of urea groups is 1. The van der Waals surface area contributed by atoms with Gasteiger partial charge in [0.15, 0.2) is 0 Å². The monoisotopic (exact) mass is 323 g/mol. The van der Waals surface area contributed by atoms with Crippen LogP contribution in [0.25, 0.3) is 0 Å². The number of nitrogens with one attached hydrogen (secondary N) is 1. The van der Waals surface area contributed by atoms with E-state index in [1.165, 1.54) is 4.90 Å². The van der Waals surface area contributed by atoms with E-state index in [-0.39, 0.29) is 19.1 Å². The SMILES string of the molecule is CCCCOc1ncccc1CNC(=O)N(C)CC(C)C(=O)O. The van der Waals surface area contributed by atoms with E-state index in [1.807, 2.05) is 6.07 Å². The Hall–Kier alpha value is -2.31. The van der Waals surface area contributed by atoms with Gasteiger partial charge in [-0.1, -0.05) is 26.3 Å². The van der Waals surface area contributed by atoms with E-state index in [2.05, 4.69) is 17.2 Å². The standard InChI is InChI=1S/C16H25N3O4/c1-4-5-9-23-14-13(7-6-8-17-14)10-18-16(22)19(3)11-12(2)15(20)21/h6-8,12H,4-5,9-11H2,1-3H3,(H,18,22)(H,20,21). The highest BCUT2D eigenvalue weighted by Gasteiger charge is 2.17. The van der Waals surface area contributed by atoms with Crippen molar-refractivity contribution in [3.63, 3.8) is 0 Å². The van der Waals surface area contributed by atoms with Crippen LogP contribution in [0.4, 0.5) is 4.79 Å². The number of aromatic nitrogens is 1. The number of carboxylic acid groups (broad SMARTS) is 1. The van der Waals surface area contributed by atoms with Crippen molar-refractivity contribution in [2.45, 2.75) is 33.2 Å². The van der Waals surface area contributed by atoms with Crippen LogP contribution in [0.2, 0.25) is 0 Å². The summed E-state index contributed by atoms with van der Waals surface area (Å²) in [5, 5.41) is 11.6. The average Bonchev–Trinajstić information content (AvgIpc) is 2.53. The third-order valence-corrected chi connectivity index (χ3v) is 3.33. The molecule has 1 unspecified atom stereocenters. The summed E-state index contributed by atoms with van der Waals surface area (Å²) >= 11 is 0. The molecular weight excluding hydrogens is 298 g/mol. The second-order valence-electron chi connectivity index (χ2n) is 5.45. The van der Waals surface area contributed by atoms with Gasteiger partial charge in [-0.05, 0) is 12.5 Å². The number of carbonyl (C=O) groups excluding carboxylic acids is 1. The highest BCUT2D eigenvalue weighted by atomic mass is 16.5. The number of rotatable bonds is 9. The number of unbranched alkanes of at least 4 members (excludes halogenated alkanes) is 1. The third kappa shape index (κ3) is 6.54. The van der Waals surface area contributed by atoms with E-state index in [4.69, 9.17) is 9.84 Å². The Morgan fingerprint density at radius 1 is 1.48 bits per heavy atom. The molecule has 2 amide bonds. The molecule has 1 heterocycles. The van der Waals surface area contributed by atoms with Crippen molar-refractivity contribution >= 4 is 12.0 Å². The van der Waals surface area contributed by atoms with Crippen molar-refractivity contribution in [2.24, 2.45) is 5.92 Å². The second-order valence-corrected chi connectivity index (χ2v) is 5.45. The Labute approximate surface area is 136 Å². The zero-order valence-electron chi connectivity index (χ0n) is 13.9. The van der Waals surface area contributed by atoms with E-state index < -0.39 is 11.9 Å². The van der Waals surface area contributed by atoms with Gasteiger partial charge in [-0.3, -0.25) is 4.79 Å². The molecule has 2 N–H and O–H groups in total. The lowest BCUT2D eigenvalue weighted by atomic mass is 10.2. The molecule has 0 radical (unpaired) electrons. The lowest BCUT2D eigenvalue weighted by Gasteiger charge is -2.20. The van der Waals surface area contributed by atoms with Crippen molar-refractivity contribution in [3.05, 3.63) is 23.9 Å². The zero-order chi connectivity index (χ0) is 17.2. The number of carbonyl (C=O) groups is 2. The average molecular weight is 323 g/mol. The number of pyridine rings is 1. The molecule has 1 atom stereocenters. The van der Waals surface area contributed by atoms with Crippen molar-refractivity contribution in [1.29, 1.82) is 0 Å². The summed E-state index contributed by atoms with van der Waals surface area (Å²) in [6.45, 7) is 4.66. The molecule has 0 aliphatic carbocycles. The first-order chi connectivity index (χ1) is 11.0. The van der Waals surface area contributed by atoms with Crippen molar-refractivity contribution in [1.82, 2.24) is 15.2 Å². The minimum atomic E-state index is -0.927. The number of hydrogen-bond acceptors (Lipinski definition) is 4. The number of nitrogens with zero attached hydrogens (tertiary/aromatic N) is 2. The molecule has 0 aliphatic heterocycles. The van der Waals surface area contributed by atoms with Gasteiger partial charge >= 0.3 is 12.0 Å². The first kappa shape index (κ1) is 18.7. The van der Waals surface area contributed by atoms with Gasteiger partial charge in [0.2, 0.25) is 5.88 Å². The summed E-state index contributed by atoms with van der Waals surface area (Å²) < 4.78 is 5.61. The molecule has 0 aliphatic rings. The molecule has 0 saturated carbocycles. The molecule has 1 aromatic rings. The fraction of sp³-hybridized carbons (Fsp3) is 0.562. The van der Waals surface area contributed by atoms with E-state index in [1.54, 1.807) is 26.2 Å². The Morgan fingerprint density at radius 3 is 2.87 bits per heavy atom. The van der Waals surface area contributed by atoms with Gasteiger partial charge in [0, 0.05) is 31.9 Å². The van der Waals surface area contributed by atoms with E-state index in [0.717, 1.165) is 18.4 Å². The Kier molecular flexibility index (Phi) is 7.87. The molecule has 1 aromatic heterocycles. The Bertz CT molecular complexity index is 522. The lowest BCUT2D eigenvalue weighted by molar-refractivity contribution is -0.141. The predicted octanol–water partition coefficient (Wildman–Crippen LogP) is 2.12.